The van der Waals surface area contributed by atoms with Crippen LogP contribution >= 0.6 is 23.2 Å². The van der Waals surface area contributed by atoms with E-state index >= 15 is 0 Å². The fraction of sp³-hybridized carbons (Fsp3) is 0.556. The van der Waals surface area contributed by atoms with Crippen LogP contribution in [0.15, 0.2) is 21.6 Å². The van der Waals surface area contributed by atoms with Crippen molar-refractivity contribution in [1.29, 1.82) is 0 Å². The second kappa shape index (κ2) is 11.9. The van der Waals surface area contributed by atoms with Crippen LogP contribution in [0.5, 0.6) is 0 Å². The van der Waals surface area contributed by atoms with Crippen molar-refractivity contribution < 1.29 is 21.4 Å². The molecule has 1 aliphatic rings. The Balaban J connectivity index is 0. The Labute approximate surface area is 94.2 Å². The van der Waals surface area contributed by atoms with Gasteiger partial charge in [0.1, 0.15) is 0 Å². The molecule has 0 unspecified atom stereocenters. The average Bonchev–Trinajstić information content (AvgIpc) is 2.64. The first-order valence-corrected chi connectivity index (χ1v) is 14.2. The van der Waals surface area contributed by atoms with Crippen molar-refractivity contribution in [2.24, 2.45) is 0 Å². The van der Waals surface area contributed by atoms with E-state index in [4.69, 9.17) is 0 Å². The summed E-state index contributed by atoms with van der Waals surface area (Å²) in [5.41, 5.74) is 0. The molecule has 71 valence electrons. The predicted molar refractivity (Wildman–Crippen MR) is 57.1 cm³/mol. The van der Waals surface area contributed by atoms with Gasteiger partial charge in [0.25, 0.3) is 0 Å². The first-order chi connectivity index (χ1) is 5.80. The van der Waals surface area contributed by atoms with E-state index in [1.54, 1.807) is 3.33 Å². The Bertz CT molecular complexity index is 139. The molecule has 0 bridgehead atoms. The molecule has 0 heterocycles. The van der Waals surface area contributed by atoms with Crippen LogP contribution < -0.4 is 0 Å². The minimum absolute atomic E-state index is 1.05. The number of halogens is 2. The zero-order valence-electron chi connectivity index (χ0n) is 8.20. The molecule has 1 aliphatic carbocycles. The predicted octanol–water partition coefficient (Wildman–Crippen LogP) is 4.25. The van der Waals surface area contributed by atoms with Crippen molar-refractivity contribution in [3.8, 4) is 0 Å². The summed E-state index contributed by atoms with van der Waals surface area (Å²) in [5.74, 6) is 0. The first kappa shape index (κ1) is 15.4. The van der Waals surface area contributed by atoms with Gasteiger partial charge in [-0.25, -0.2) is 0 Å². The van der Waals surface area contributed by atoms with Gasteiger partial charge in [-0.2, -0.15) is 0 Å². The normalized spacial score (nSPS) is 12.0. The summed E-state index contributed by atoms with van der Waals surface area (Å²) in [6.45, 7) is 0. The molecule has 0 saturated carbocycles. The van der Waals surface area contributed by atoms with Crippen LogP contribution in [0, 0.1) is 0 Å². The van der Waals surface area contributed by atoms with Gasteiger partial charge in [-0.15, -0.1) is 23.2 Å². The molecular weight excluding hydrogens is 357 g/mol. The number of hydrogen-bond acceptors (Lipinski definition) is 0. The summed E-state index contributed by atoms with van der Waals surface area (Å²) in [5, 5.41) is 0. The molecule has 0 aromatic rings. The van der Waals surface area contributed by atoms with Crippen molar-refractivity contribution in [2.75, 3.05) is 12.8 Å². The van der Waals surface area contributed by atoms with Crippen molar-refractivity contribution in [2.45, 2.75) is 15.8 Å². The van der Waals surface area contributed by atoms with E-state index in [0.717, 1.165) is 0 Å². The Kier molecular flexibility index (Phi) is 15.3. The molecule has 12 heavy (non-hydrogen) atoms. The molecule has 0 aromatic carbocycles. The van der Waals surface area contributed by atoms with Crippen molar-refractivity contribution in [1.82, 2.24) is 0 Å². The Morgan fingerprint density at radius 1 is 1.17 bits per heavy atom. The zero-order chi connectivity index (χ0) is 9.98. The molecule has 3 heteroatoms. The van der Waals surface area contributed by atoms with E-state index in [1.165, 1.54) is 19.2 Å². The fourth-order valence-corrected chi connectivity index (χ4v) is 4.25. The van der Waals surface area contributed by atoms with Crippen LogP contribution in [0.4, 0.5) is 0 Å². The van der Waals surface area contributed by atoms with Gasteiger partial charge in [0, 0.05) is 12.8 Å². The van der Waals surface area contributed by atoms with Crippen LogP contribution in [0.2, 0.25) is 9.36 Å². The van der Waals surface area contributed by atoms with E-state index in [0.29, 0.717) is 0 Å². The number of allylic oxidation sites excluding steroid dienone is 4. The van der Waals surface area contributed by atoms with Crippen LogP contribution in [0.25, 0.3) is 0 Å². The van der Waals surface area contributed by atoms with E-state index in [9.17, 15) is 0 Å². The van der Waals surface area contributed by atoms with E-state index in [-0.39, 0.29) is 0 Å². The zero-order valence-corrected chi connectivity index (χ0v) is 13.3. The minimum atomic E-state index is -1.05. The third-order valence-corrected chi connectivity index (χ3v) is 7.36. The van der Waals surface area contributed by atoms with Crippen LogP contribution in [-0.2, 0) is 21.4 Å². The summed E-state index contributed by atoms with van der Waals surface area (Å²) >= 11 is 8.23. The Morgan fingerprint density at radius 3 is 1.83 bits per heavy atom. The molecular formula is C9H17Cl2Hf. The molecule has 0 N–H and O–H groups in total. The third-order valence-electron chi connectivity index (χ3n) is 1.41. The molecule has 0 radical (unpaired) electrons. The monoisotopic (exact) mass is 375 g/mol. The van der Waals surface area contributed by atoms with Gasteiger partial charge in [-0.05, 0) is 0 Å². The molecule has 0 saturated heterocycles. The van der Waals surface area contributed by atoms with Crippen molar-refractivity contribution in [3.05, 3.63) is 21.6 Å². The second-order valence-corrected chi connectivity index (χ2v) is 11.8. The van der Waals surface area contributed by atoms with Gasteiger partial charge >= 0.3 is 58.8 Å². The third kappa shape index (κ3) is 7.57. The topological polar surface area (TPSA) is 0 Å². The van der Waals surface area contributed by atoms with Crippen LogP contribution in [-0.4, -0.2) is 12.8 Å². The molecule has 0 aromatic heterocycles. The summed E-state index contributed by atoms with van der Waals surface area (Å²) in [7, 11) is 0. The van der Waals surface area contributed by atoms with Crippen LogP contribution in [0.1, 0.15) is 6.42 Å². The summed E-state index contributed by atoms with van der Waals surface area (Å²) < 4.78 is 6.67. The average molecular weight is 375 g/mol. The van der Waals surface area contributed by atoms with Gasteiger partial charge in [-0.3, -0.25) is 0 Å². The van der Waals surface area contributed by atoms with Crippen molar-refractivity contribution in [3.63, 3.8) is 0 Å². The van der Waals surface area contributed by atoms with Gasteiger partial charge in [0.05, 0.1) is 0 Å². The van der Waals surface area contributed by atoms with Gasteiger partial charge in [0.15, 0.2) is 0 Å². The fourth-order valence-electron chi connectivity index (χ4n) is 0.818. The Hall–Kier alpha value is 0.930. The summed E-state index contributed by atoms with van der Waals surface area (Å²) in [6, 6.07) is 0. The molecule has 0 fully saturated rings. The molecule has 0 spiro atoms. The quantitative estimate of drug-likeness (QED) is 0.475. The number of alkyl halides is 2. The van der Waals surface area contributed by atoms with Gasteiger partial charge < -0.3 is 0 Å². The van der Waals surface area contributed by atoms with Crippen molar-refractivity contribution >= 4 is 23.2 Å². The maximum atomic E-state index is 4.64. The Morgan fingerprint density at radius 2 is 1.67 bits per heavy atom. The van der Waals surface area contributed by atoms with Gasteiger partial charge in [0.2, 0.25) is 0 Å². The standard InChI is InChI=1S/C5H5.2CH3Cl.2CH3.Hf/c1-2-4-5-3-1;2*1-2;;;/h1-3H,4H2;2*1H3;2*1H3;. The molecule has 0 atom stereocenters. The van der Waals surface area contributed by atoms with Gasteiger partial charge in [-0.1, -0.05) is 0 Å². The number of rotatable bonds is 1. The molecule has 0 aliphatic heterocycles. The second-order valence-electron chi connectivity index (χ2n) is 2.32. The SMILES string of the molecule is CCl.CCl.[CH3][Hf]([CH3])[C]1=CC=CC1. The summed E-state index contributed by atoms with van der Waals surface area (Å²) in [6.07, 6.45) is 11.0. The van der Waals surface area contributed by atoms with Crippen LogP contribution in [0.3, 0.4) is 0 Å². The van der Waals surface area contributed by atoms with E-state index < -0.39 is 21.4 Å². The maximum absolute atomic E-state index is 4.64. The van der Waals surface area contributed by atoms with E-state index in [2.05, 4.69) is 50.8 Å². The molecule has 0 nitrogen and oxygen atoms in total. The first-order valence-electron chi connectivity index (χ1n) is 3.72. The summed E-state index contributed by atoms with van der Waals surface area (Å²) in [4.78, 5) is 0. The van der Waals surface area contributed by atoms with E-state index in [1.807, 2.05) is 0 Å². The molecule has 0 amide bonds. The molecule has 1 rings (SSSR count). The number of hydrogen-bond donors (Lipinski definition) is 0.